The second-order valence-corrected chi connectivity index (χ2v) is 10.9. The van der Waals surface area contributed by atoms with Crippen LogP contribution in [0.5, 0.6) is 11.5 Å². The molecule has 0 aromatic heterocycles. The summed E-state index contributed by atoms with van der Waals surface area (Å²) in [5, 5.41) is 3.36. The predicted molar refractivity (Wildman–Crippen MR) is 114 cm³/mol. The third kappa shape index (κ3) is 3.39. The van der Waals surface area contributed by atoms with E-state index in [9.17, 15) is 9.59 Å². The minimum Gasteiger partial charge on any atom is -0.454 e. The van der Waals surface area contributed by atoms with Crippen LogP contribution in [0.25, 0.3) is 0 Å². The van der Waals surface area contributed by atoms with Crippen LogP contribution >= 0.6 is 0 Å². The van der Waals surface area contributed by atoms with E-state index < -0.39 is 0 Å². The monoisotopic (exact) mass is 424 g/mol. The van der Waals surface area contributed by atoms with E-state index in [1.54, 1.807) is 4.90 Å². The van der Waals surface area contributed by atoms with Crippen molar-refractivity contribution < 1.29 is 19.1 Å². The number of rotatable bonds is 5. The zero-order valence-electron chi connectivity index (χ0n) is 18.3. The molecule has 1 N–H and O–H groups in total. The van der Waals surface area contributed by atoms with Gasteiger partial charge in [-0.15, -0.1) is 0 Å². The van der Waals surface area contributed by atoms with Gasteiger partial charge in [0.1, 0.15) is 0 Å². The minimum atomic E-state index is -0.252. The van der Waals surface area contributed by atoms with E-state index in [-0.39, 0.29) is 30.6 Å². The molecule has 166 valence electrons. The molecule has 4 bridgehead atoms. The summed E-state index contributed by atoms with van der Waals surface area (Å²) in [6, 6.07) is 5.98. The molecule has 2 amide bonds. The lowest BCUT2D eigenvalue weighted by molar-refractivity contribution is -0.131. The van der Waals surface area contributed by atoms with Gasteiger partial charge < -0.3 is 19.7 Å². The zero-order chi connectivity index (χ0) is 21.2. The number of fused-ring (bicyclic) bond motifs is 1. The highest BCUT2D eigenvalue weighted by molar-refractivity contribution is 5.89. The van der Waals surface area contributed by atoms with Crippen molar-refractivity contribution in [2.75, 3.05) is 13.3 Å². The molecule has 31 heavy (non-hydrogen) atoms. The van der Waals surface area contributed by atoms with E-state index in [0.717, 1.165) is 34.8 Å². The van der Waals surface area contributed by atoms with Crippen LogP contribution in [0.1, 0.15) is 57.4 Å². The van der Waals surface area contributed by atoms with Crippen molar-refractivity contribution in [3.8, 4) is 11.5 Å². The first-order valence-corrected chi connectivity index (χ1v) is 11.9. The van der Waals surface area contributed by atoms with E-state index in [4.69, 9.17) is 9.47 Å². The Labute approximate surface area is 183 Å². The molecule has 7 rings (SSSR count). The average molecular weight is 425 g/mol. The predicted octanol–water partition coefficient (Wildman–Crippen LogP) is 3.48. The van der Waals surface area contributed by atoms with E-state index in [0.29, 0.717) is 24.9 Å². The van der Waals surface area contributed by atoms with Gasteiger partial charge in [0.2, 0.25) is 18.6 Å². The molecule has 2 aliphatic heterocycles. The number of carbonyl (C=O) groups excluding carboxylic acids is 2. The lowest BCUT2D eigenvalue weighted by Crippen LogP contribution is -2.56. The summed E-state index contributed by atoms with van der Waals surface area (Å²) in [4.78, 5) is 27.5. The van der Waals surface area contributed by atoms with Crippen LogP contribution in [0.15, 0.2) is 18.2 Å². The lowest BCUT2D eigenvalue weighted by atomic mass is 9.48. The molecular formula is C25H32N2O4. The number of ether oxygens (including phenoxy) is 2. The second kappa shape index (κ2) is 7.14. The third-order valence-electron chi connectivity index (χ3n) is 8.76. The Bertz CT molecular complexity index is 877. The fraction of sp³-hybridized carbons (Fsp3) is 0.680. The molecule has 0 spiro atoms. The van der Waals surface area contributed by atoms with Crippen LogP contribution in [0.4, 0.5) is 0 Å². The molecule has 4 saturated carbocycles. The molecule has 0 radical (unpaired) electrons. The SMILES string of the molecule is CC(NC(=O)C1CC(=O)N(Cc2ccc3c(c2)OCO3)C1)C12CC3CC(CC(C3)C1)C2. The van der Waals surface area contributed by atoms with Gasteiger partial charge in [0, 0.05) is 25.6 Å². The van der Waals surface area contributed by atoms with E-state index in [2.05, 4.69) is 12.2 Å². The van der Waals surface area contributed by atoms with Crippen LogP contribution in [0.3, 0.4) is 0 Å². The number of nitrogens with one attached hydrogen (secondary N) is 1. The number of benzene rings is 1. The van der Waals surface area contributed by atoms with Crippen molar-refractivity contribution in [3.63, 3.8) is 0 Å². The van der Waals surface area contributed by atoms with Gasteiger partial charge >= 0.3 is 0 Å². The van der Waals surface area contributed by atoms with Crippen molar-refractivity contribution in [2.24, 2.45) is 29.1 Å². The number of likely N-dealkylation sites (tertiary alicyclic amines) is 1. The highest BCUT2D eigenvalue weighted by atomic mass is 16.7. The summed E-state index contributed by atoms with van der Waals surface area (Å²) < 4.78 is 10.8. The number of carbonyl (C=O) groups is 2. The van der Waals surface area contributed by atoms with Gasteiger partial charge in [0.25, 0.3) is 0 Å². The van der Waals surface area contributed by atoms with Crippen LogP contribution in [-0.2, 0) is 16.1 Å². The van der Waals surface area contributed by atoms with Gasteiger partial charge in [-0.2, -0.15) is 0 Å². The molecule has 2 atom stereocenters. The van der Waals surface area contributed by atoms with Crippen LogP contribution < -0.4 is 14.8 Å². The molecule has 1 saturated heterocycles. The maximum atomic E-state index is 13.1. The zero-order valence-corrected chi connectivity index (χ0v) is 18.3. The first-order valence-electron chi connectivity index (χ1n) is 11.9. The molecular weight excluding hydrogens is 392 g/mol. The molecule has 4 aliphatic carbocycles. The Hall–Kier alpha value is -2.24. The number of hydrogen-bond donors (Lipinski definition) is 1. The van der Waals surface area contributed by atoms with E-state index in [1.165, 1.54) is 38.5 Å². The minimum absolute atomic E-state index is 0.0558. The molecule has 6 heteroatoms. The molecule has 6 nitrogen and oxygen atoms in total. The molecule has 1 aromatic carbocycles. The molecule has 6 aliphatic rings. The highest BCUT2D eigenvalue weighted by Crippen LogP contribution is 2.61. The fourth-order valence-corrected chi connectivity index (χ4v) is 7.55. The summed E-state index contributed by atoms with van der Waals surface area (Å²) in [5.41, 5.74) is 1.29. The highest BCUT2D eigenvalue weighted by Gasteiger charge is 2.53. The first-order chi connectivity index (χ1) is 15.0. The Morgan fingerprint density at radius 3 is 2.52 bits per heavy atom. The normalized spacial score (nSPS) is 36.2. The van der Waals surface area contributed by atoms with E-state index in [1.807, 2.05) is 18.2 Å². The van der Waals surface area contributed by atoms with Crippen molar-refractivity contribution in [2.45, 2.75) is 64.5 Å². The van der Waals surface area contributed by atoms with Crippen LogP contribution in [0.2, 0.25) is 0 Å². The standard InChI is InChI=1S/C25H32N2O4/c1-15(25-9-17-4-18(10-25)6-19(5-17)11-25)26-24(29)20-8-23(28)27(13-20)12-16-2-3-21-22(7-16)31-14-30-21/h2-3,7,15,17-20H,4-6,8-14H2,1H3,(H,26,29). The molecule has 2 heterocycles. The maximum Gasteiger partial charge on any atom is 0.231 e. The largest absolute Gasteiger partial charge is 0.454 e. The molecule has 1 aromatic rings. The Morgan fingerprint density at radius 2 is 1.81 bits per heavy atom. The third-order valence-corrected chi connectivity index (χ3v) is 8.76. The smallest absolute Gasteiger partial charge is 0.231 e. The Morgan fingerprint density at radius 1 is 1.13 bits per heavy atom. The van der Waals surface area contributed by atoms with Crippen molar-refractivity contribution in [1.82, 2.24) is 10.2 Å². The average Bonchev–Trinajstić information content (AvgIpc) is 3.33. The summed E-state index contributed by atoms with van der Waals surface area (Å²) in [6.07, 6.45) is 8.37. The summed E-state index contributed by atoms with van der Waals surface area (Å²) in [5.74, 6) is 3.95. The Balaban J connectivity index is 1.08. The fourth-order valence-electron chi connectivity index (χ4n) is 7.55. The van der Waals surface area contributed by atoms with Crippen molar-refractivity contribution in [3.05, 3.63) is 23.8 Å². The molecule has 2 unspecified atom stereocenters. The second-order valence-electron chi connectivity index (χ2n) is 10.9. The van der Waals surface area contributed by atoms with Crippen molar-refractivity contribution >= 4 is 11.8 Å². The Kier molecular flexibility index (Phi) is 4.48. The summed E-state index contributed by atoms with van der Waals surface area (Å²) in [7, 11) is 0. The van der Waals surface area contributed by atoms with Gasteiger partial charge in [-0.1, -0.05) is 6.07 Å². The van der Waals surface area contributed by atoms with Gasteiger partial charge in [-0.3, -0.25) is 9.59 Å². The first kappa shape index (κ1) is 19.4. The van der Waals surface area contributed by atoms with Gasteiger partial charge in [0.15, 0.2) is 11.5 Å². The summed E-state index contributed by atoms with van der Waals surface area (Å²) in [6.45, 7) is 3.45. The maximum absolute atomic E-state index is 13.1. The van der Waals surface area contributed by atoms with Gasteiger partial charge in [-0.05, 0) is 86.3 Å². The summed E-state index contributed by atoms with van der Waals surface area (Å²) >= 11 is 0. The van der Waals surface area contributed by atoms with Gasteiger partial charge in [0.05, 0.1) is 5.92 Å². The number of nitrogens with zero attached hydrogens (tertiary/aromatic N) is 1. The van der Waals surface area contributed by atoms with Crippen molar-refractivity contribution in [1.29, 1.82) is 0 Å². The van der Waals surface area contributed by atoms with Crippen LogP contribution in [0, 0.1) is 29.1 Å². The van der Waals surface area contributed by atoms with Crippen LogP contribution in [-0.4, -0.2) is 36.1 Å². The topological polar surface area (TPSA) is 67.9 Å². The quantitative estimate of drug-likeness (QED) is 0.786. The number of amides is 2. The number of hydrogen-bond acceptors (Lipinski definition) is 4. The lowest BCUT2D eigenvalue weighted by Gasteiger charge is -2.59. The molecule has 5 fully saturated rings. The van der Waals surface area contributed by atoms with E-state index >= 15 is 0 Å². The van der Waals surface area contributed by atoms with Gasteiger partial charge in [-0.25, -0.2) is 0 Å².